The molecule has 0 aliphatic carbocycles. The lowest BCUT2D eigenvalue weighted by Crippen LogP contribution is -2.45. The van der Waals surface area contributed by atoms with E-state index in [0.717, 1.165) is 24.2 Å². The van der Waals surface area contributed by atoms with E-state index in [1.165, 1.54) is 31.5 Å². The van der Waals surface area contributed by atoms with Gasteiger partial charge in [0, 0.05) is 12.2 Å². The monoisotopic (exact) mass is 337 g/mol. The highest BCUT2D eigenvalue weighted by atomic mass is 16.2. The Hall–Kier alpha value is -2.17. The molecule has 0 aromatic heterocycles. The molecule has 2 aromatic carbocycles. The Labute approximate surface area is 150 Å². The molecule has 1 heterocycles. The van der Waals surface area contributed by atoms with Gasteiger partial charge in [0.05, 0.1) is 0 Å². The van der Waals surface area contributed by atoms with Gasteiger partial charge in [0.1, 0.15) is 5.54 Å². The lowest BCUT2D eigenvalue weighted by molar-refractivity contribution is -0.120. The van der Waals surface area contributed by atoms with Crippen molar-refractivity contribution in [2.75, 3.05) is 25.0 Å². The maximum Gasteiger partial charge on any atom is 0.248 e. The number of amides is 1. The molecule has 3 N–H and O–H groups in total. The van der Waals surface area contributed by atoms with Crippen LogP contribution in [0.5, 0.6) is 0 Å². The molecule has 1 aliphatic heterocycles. The average Bonchev–Trinajstić information content (AvgIpc) is 3.15. The molecule has 1 saturated heterocycles. The summed E-state index contributed by atoms with van der Waals surface area (Å²) in [5.74, 6) is -0.205. The highest BCUT2D eigenvalue weighted by Gasteiger charge is 2.30. The van der Waals surface area contributed by atoms with Gasteiger partial charge in [0.25, 0.3) is 0 Å². The van der Waals surface area contributed by atoms with E-state index in [2.05, 4.69) is 22.3 Å². The Balaban J connectivity index is 1.58. The van der Waals surface area contributed by atoms with Crippen LogP contribution in [-0.4, -0.2) is 30.4 Å². The van der Waals surface area contributed by atoms with E-state index in [1.807, 2.05) is 42.5 Å². The van der Waals surface area contributed by atoms with Gasteiger partial charge >= 0.3 is 0 Å². The Morgan fingerprint density at radius 1 is 1.08 bits per heavy atom. The lowest BCUT2D eigenvalue weighted by atomic mass is 9.92. The van der Waals surface area contributed by atoms with Gasteiger partial charge in [-0.15, -0.1) is 0 Å². The first-order valence-electron chi connectivity index (χ1n) is 9.03. The summed E-state index contributed by atoms with van der Waals surface area (Å²) in [5.41, 5.74) is 8.08. The van der Waals surface area contributed by atoms with E-state index in [9.17, 15) is 4.79 Å². The lowest BCUT2D eigenvalue weighted by Gasteiger charge is -2.24. The Bertz CT molecular complexity index is 689. The summed E-state index contributed by atoms with van der Waals surface area (Å²) in [6.07, 6.45) is 3.70. The fourth-order valence-electron chi connectivity index (χ4n) is 3.22. The molecular weight excluding hydrogens is 310 g/mol. The summed E-state index contributed by atoms with van der Waals surface area (Å²) in [6.45, 7) is 5.30. The number of carbonyl (C=O) groups excluding carboxylic acids is 1. The number of rotatable bonds is 6. The molecule has 1 aliphatic rings. The first-order valence-corrected chi connectivity index (χ1v) is 9.03. The van der Waals surface area contributed by atoms with Crippen LogP contribution in [0.15, 0.2) is 54.6 Å². The largest absolute Gasteiger partial charge is 0.324 e. The number of likely N-dealkylation sites (tertiary alicyclic amines) is 1. The van der Waals surface area contributed by atoms with Crippen molar-refractivity contribution in [3.8, 4) is 0 Å². The zero-order valence-corrected chi connectivity index (χ0v) is 14.9. The highest BCUT2D eigenvalue weighted by Crippen LogP contribution is 2.20. The van der Waals surface area contributed by atoms with Gasteiger partial charge in [-0.25, -0.2) is 0 Å². The zero-order chi connectivity index (χ0) is 17.7. The molecule has 0 spiro atoms. The summed E-state index contributed by atoms with van der Waals surface area (Å²) < 4.78 is 0. The van der Waals surface area contributed by atoms with Crippen LogP contribution in [0.4, 0.5) is 5.69 Å². The van der Waals surface area contributed by atoms with E-state index >= 15 is 0 Å². The fourth-order valence-corrected chi connectivity index (χ4v) is 3.22. The minimum Gasteiger partial charge on any atom is -0.324 e. The van der Waals surface area contributed by atoms with Crippen molar-refractivity contribution in [1.82, 2.24) is 4.90 Å². The van der Waals surface area contributed by atoms with E-state index in [0.29, 0.717) is 0 Å². The van der Waals surface area contributed by atoms with Crippen molar-refractivity contribution in [2.45, 2.75) is 31.7 Å². The van der Waals surface area contributed by atoms with E-state index in [4.69, 9.17) is 5.73 Å². The fraction of sp³-hybridized carbons (Fsp3) is 0.381. The summed E-state index contributed by atoms with van der Waals surface area (Å²) in [7, 11) is 0. The Morgan fingerprint density at radius 2 is 1.72 bits per heavy atom. The van der Waals surface area contributed by atoms with Crippen LogP contribution in [0.3, 0.4) is 0 Å². The van der Waals surface area contributed by atoms with Crippen molar-refractivity contribution in [3.63, 3.8) is 0 Å². The summed E-state index contributed by atoms with van der Waals surface area (Å²) in [5, 5.41) is 2.93. The maximum atomic E-state index is 12.6. The second-order valence-corrected chi connectivity index (χ2v) is 7.02. The van der Waals surface area contributed by atoms with Crippen LogP contribution in [0, 0.1) is 0 Å². The molecule has 1 amide bonds. The third-order valence-corrected chi connectivity index (χ3v) is 4.97. The van der Waals surface area contributed by atoms with Crippen LogP contribution in [-0.2, 0) is 16.8 Å². The first-order chi connectivity index (χ1) is 12.1. The van der Waals surface area contributed by atoms with Crippen molar-refractivity contribution in [1.29, 1.82) is 0 Å². The standard InChI is InChI=1S/C21H27N3O/c1-21(22,18-7-3-2-4-8-18)20(25)23-19-11-9-17(10-12-19)13-16-24-14-5-6-15-24/h2-4,7-12H,5-6,13-16,22H2,1H3,(H,23,25). The second kappa shape index (κ2) is 7.81. The second-order valence-electron chi connectivity index (χ2n) is 7.02. The molecule has 1 unspecified atom stereocenters. The zero-order valence-electron chi connectivity index (χ0n) is 14.9. The molecule has 4 heteroatoms. The number of anilines is 1. The minimum atomic E-state index is -1.06. The number of nitrogens with zero attached hydrogens (tertiary/aromatic N) is 1. The number of benzene rings is 2. The van der Waals surface area contributed by atoms with Gasteiger partial charge in [-0.05, 0) is 62.5 Å². The number of nitrogens with two attached hydrogens (primary N) is 1. The van der Waals surface area contributed by atoms with Gasteiger partial charge in [0.15, 0.2) is 0 Å². The molecule has 1 fully saturated rings. The number of hydrogen-bond donors (Lipinski definition) is 2. The maximum absolute atomic E-state index is 12.6. The summed E-state index contributed by atoms with van der Waals surface area (Å²) in [6, 6.07) is 17.5. The molecular formula is C21H27N3O. The van der Waals surface area contributed by atoms with Gasteiger partial charge in [-0.1, -0.05) is 42.5 Å². The van der Waals surface area contributed by atoms with E-state index < -0.39 is 5.54 Å². The molecule has 0 saturated carbocycles. The molecule has 25 heavy (non-hydrogen) atoms. The van der Waals surface area contributed by atoms with Gasteiger partial charge in [-0.3, -0.25) is 4.79 Å². The molecule has 0 bridgehead atoms. The predicted molar refractivity (Wildman–Crippen MR) is 102 cm³/mol. The smallest absolute Gasteiger partial charge is 0.248 e. The molecule has 132 valence electrons. The minimum absolute atomic E-state index is 0.205. The summed E-state index contributed by atoms with van der Waals surface area (Å²) >= 11 is 0. The SMILES string of the molecule is CC(N)(C(=O)Nc1ccc(CCN2CCCC2)cc1)c1ccccc1. The van der Waals surface area contributed by atoms with Crippen molar-refractivity contribution in [2.24, 2.45) is 5.73 Å². The molecule has 0 radical (unpaired) electrons. The Morgan fingerprint density at radius 3 is 2.36 bits per heavy atom. The third-order valence-electron chi connectivity index (χ3n) is 4.97. The number of carbonyl (C=O) groups is 1. The van der Waals surface area contributed by atoms with Crippen LogP contribution < -0.4 is 11.1 Å². The number of nitrogens with one attached hydrogen (secondary N) is 1. The van der Waals surface area contributed by atoms with Crippen LogP contribution in [0.25, 0.3) is 0 Å². The topological polar surface area (TPSA) is 58.4 Å². The van der Waals surface area contributed by atoms with Gasteiger partial charge < -0.3 is 16.0 Å². The van der Waals surface area contributed by atoms with Gasteiger partial charge in [-0.2, -0.15) is 0 Å². The average molecular weight is 337 g/mol. The van der Waals surface area contributed by atoms with Crippen molar-refractivity contribution < 1.29 is 4.79 Å². The van der Waals surface area contributed by atoms with Crippen LogP contribution in [0.1, 0.15) is 30.9 Å². The highest BCUT2D eigenvalue weighted by molar-refractivity contribution is 5.98. The van der Waals surface area contributed by atoms with E-state index in [-0.39, 0.29) is 5.91 Å². The quantitative estimate of drug-likeness (QED) is 0.851. The van der Waals surface area contributed by atoms with Crippen LogP contribution in [0.2, 0.25) is 0 Å². The van der Waals surface area contributed by atoms with Crippen molar-refractivity contribution in [3.05, 3.63) is 65.7 Å². The first kappa shape index (κ1) is 17.6. The van der Waals surface area contributed by atoms with Gasteiger partial charge in [0.2, 0.25) is 5.91 Å². The molecule has 4 nitrogen and oxygen atoms in total. The normalized spacial score (nSPS) is 17.2. The predicted octanol–water partition coefficient (Wildman–Crippen LogP) is 3.14. The number of hydrogen-bond acceptors (Lipinski definition) is 3. The third kappa shape index (κ3) is 4.47. The molecule has 2 aromatic rings. The molecule has 3 rings (SSSR count). The van der Waals surface area contributed by atoms with Crippen LogP contribution >= 0.6 is 0 Å². The Kier molecular flexibility index (Phi) is 5.51. The van der Waals surface area contributed by atoms with E-state index in [1.54, 1.807) is 6.92 Å². The van der Waals surface area contributed by atoms with Crippen molar-refractivity contribution >= 4 is 11.6 Å². The summed E-state index contributed by atoms with van der Waals surface area (Å²) in [4.78, 5) is 15.1. The molecule has 1 atom stereocenters.